The van der Waals surface area contributed by atoms with Crippen LogP contribution in [-0.4, -0.2) is 15.7 Å². The van der Waals surface area contributed by atoms with E-state index in [2.05, 4.69) is 21.0 Å². The molecule has 0 radical (unpaired) electrons. The van der Waals surface area contributed by atoms with Crippen LogP contribution in [-0.2, 0) is 6.61 Å². The number of nitrogens with zero attached hydrogens (tertiary/aromatic N) is 3. The van der Waals surface area contributed by atoms with E-state index in [4.69, 9.17) is 15.7 Å². The van der Waals surface area contributed by atoms with Crippen LogP contribution in [0.2, 0.25) is 0 Å². The molecule has 0 bridgehead atoms. The highest BCUT2D eigenvalue weighted by atomic mass is 79.9. The zero-order valence-electron chi connectivity index (χ0n) is 13.0. The normalized spacial score (nSPS) is 10.2. The molecule has 0 aliphatic heterocycles. The van der Waals surface area contributed by atoms with Crippen LogP contribution < -0.4 is 10.5 Å². The maximum Gasteiger partial charge on any atom is 0.280 e. The molecule has 0 saturated heterocycles. The molecule has 0 unspecified atom stereocenters. The maximum atomic E-state index is 12.4. The van der Waals surface area contributed by atoms with Gasteiger partial charge in [-0.15, -0.1) is 0 Å². The number of carbonyl (C=O) groups is 1. The highest BCUT2D eigenvalue weighted by Crippen LogP contribution is 2.24. The summed E-state index contributed by atoms with van der Waals surface area (Å²) in [5, 5.41) is 12.7. The van der Waals surface area contributed by atoms with Gasteiger partial charge in [0, 0.05) is 5.56 Å². The van der Waals surface area contributed by atoms with Crippen molar-refractivity contribution >= 4 is 27.7 Å². The lowest BCUT2D eigenvalue weighted by Gasteiger charge is -2.09. The lowest BCUT2D eigenvalue weighted by molar-refractivity contribution is 0.0948. The number of aromatic nitrogens is 2. The van der Waals surface area contributed by atoms with Gasteiger partial charge in [0.25, 0.3) is 5.91 Å². The number of rotatable bonds is 4. The molecule has 3 aromatic rings. The molecule has 0 spiro atoms. The minimum Gasteiger partial charge on any atom is -0.488 e. The van der Waals surface area contributed by atoms with Crippen molar-refractivity contribution in [1.29, 1.82) is 5.26 Å². The first-order chi connectivity index (χ1) is 12.1. The van der Waals surface area contributed by atoms with Crippen LogP contribution in [0, 0.1) is 11.3 Å². The molecule has 124 valence electrons. The highest BCUT2D eigenvalue weighted by Gasteiger charge is 2.15. The number of nitrogens with two attached hydrogens (primary N) is 1. The Morgan fingerprint density at radius 1 is 1.24 bits per heavy atom. The lowest BCUT2D eigenvalue weighted by atomic mass is 10.1. The number of carbonyl (C=O) groups excluding carboxylic acids is 1. The first-order valence-electron chi connectivity index (χ1n) is 7.34. The molecule has 0 aliphatic rings. The van der Waals surface area contributed by atoms with E-state index < -0.39 is 5.91 Å². The minimum absolute atomic E-state index is 0.0360. The summed E-state index contributed by atoms with van der Waals surface area (Å²) in [6.07, 6.45) is 1.27. The quantitative estimate of drug-likeness (QED) is 0.729. The highest BCUT2D eigenvalue weighted by molar-refractivity contribution is 9.10. The lowest BCUT2D eigenvalue weighted by Crippen LogP contribution is -2.16. The molecule has 0 aliphatic carbocycles. The fourth-order valence-corrected chi connectivity index (χ4v) is 2.59. The number of anilines is 1. The summed E-state index contributed by atoms with van der Waals surface area (Å²) in [5.74, 6) is 0.391. The number of halogens is 1. The van der Waals surface area contributed by atoms with E-state index in [0.717, 1.165) is 20.5 Å². The van der Waals surface area contributed by atoms with Gasteiger partial charge in [-0.1, -0.05) is 24.3 Å². The van der Waals surface area contributed by atoms with Gasteiger partial charge in [0.15, 0.2) is 0 Å². The van der Waals surface area contributed by atoms with Crippen molar-refractivity contribution in [2.45, 2.75) is 6.61 Å². The van der Waals surface area contributed by atoms with Crippen LogP contribution in [0.1, 0.15) is 21.5 Å². The van der Waals surface area contributed by atoms with Crippen LogP contribution in [0.4, 0.5) is 5.82 Å². The van der Waals surface area contributed by atoms with Gasteiger partial charge in [-0.05, 0) is 45.8 Å². The Labute approximate surface area is 152 Å². The van der Waals surface area contributed by atoms with Gasteiger partial charge in [-0.25, -0.2) is 0 Å². The van der Waals surface area contributed by atoms with Crippen molar-refractivity contribution in [3.8, 4) is 11.8 Å². The van der Waals surface area contributed by atoms with Crippen LogP contribution in [0.5, 0.6) is 5.75 Å². The monoisotopic (exact) mass is 396 g/mol. The number of para-hydroxylation sites is 1. The third-order valence-electron chi connectivity index (χ3n) is 3.55. The third kappa shape index (κ3) is 3.54. The summed E-state index contributed by atoms with van der Waals surface area (Å²) in [5.41, 5.74) is 7.25. The summed E-state index contributed by atoms with van der Waals surface area (Å²) in [4.78, 5) is 12.4. The summed E-state index contributed by atoms with van der Waals surface area (Å²) in [6, 6.07) is 16.4. The summed E-state index contributed by atoms with van der Waals surface area (Å²) < 4.78 is 7.64. The molecule has 2 N–H and O–H groups in total. The smallest absolute Gasteiger partial charge is 0.280 e. The van der Waals surface area contributed by atoms with Crippen molar-refractivity contribution < 1.29 is 9.53 Å². The van der Waals surface area contributed by atoms with Gasteiger partial charge in [-0.3, -0.25) is 4.79 Å². The first kappa shape index (κ1) is 16.7. The van der Waals surface area contributed by atoms with E-state index >= 15 is 0 Å². The van der Waals surface area contributed by atoms with Crippen molar-refractivity contribution in [1.82, 2.24) is 9.78 Å². The molecule has 0 saturated carbocycles. The molecule has 0 atom stereocenters. The van der Waals surface area contributed by atoms with Gasteiger partial charge in [0.05, 0.1) is 10.7 Å². The number of hydrogen-bond acceptors (Lipinski definition) is 5. The van der Waals surface area contributed by atoms with Crippen molar-refractivity contribution in [2.75, 3.05) is 5.73 Å². The molecular formula is C18H13BrN4O2. The first-order valence-corrected chi connectivity index (χ1v) is 8.14. The molecule has 3 rings (SSSR count). The maximum absolute atomic E-state index is 12.4. The van der Waals surface area contributed by atoms with Crippen LogP contribution in [0.15, 0.2) is 59.2 Å². The average molecular weight is 397 g/mol. The van der Waals surface area contributed by atoms with E-state index in [1.807, 2.05) is 30.3 Å². The van der Waals surface area contributed by atoms with Gasteiger partial charge in [0.1, 0.15) is 29.8 Å². The van der Waals surface area contributed by atoms with E-state index in [1.165, 1.54) is 6.20 Å². The Hall–Kier alpha value is -3.11. The molecule has 7 heteroatoms. The number of ether oxygens (including phenoxy) is 1. The Bertz CT molecular complexity index is 958. The second-order valence-corrected chi connectivity index (χ2v) is 6.04. The predicted octanol–water partition coefficient (Wildman–Crippen LogP) is 3.37. The van der Waals surface area contributed by atoms with Gasteiger partial charge < -0.3 is 10.5 Å². The SMILES string of the molecule is N#Cc1cnn(C(=O)c2ccc(COc3ccccc3Br)cc2)c1N. The Balaban J connectivity index is 1.72. The molecule has 1 heterocycles. The molecule has 2 aromatic carbocycles. The van der Waals surface area contributed by atoms with Gasteiger partial charge in [0.2, 0.25) is 0 Å². The second kappa shape index (κ2) is 7.20. The van der Waals surface area contributed by atoms with E-state index in [1.54, 1.807) is 24.3 Å². The minimum atomic E-state index is -0.391. The average Bonchev–Trinajstić information content (AvgIpc) is 3.01. The van der Waals surface area contributed by atoms with E-state index in [-0.39, 0.29) is 11.4 Å². The third-order valence-corrected chi connectivity index (χ3v) is 4.21. The van der Waals surface area contributed by atoms with Crippen molar-refractivity contribution in [2.24, 2.45) is 0 Å². The topological polar surface area (TPSA) is 93.9 Å². The molecule has 6 nitrogen and oxygen atoms in total. The Kier molecular flexibility index (Phi) is 4.82. The second-order valence-electron chi connectivity index (χ2n) is 5.19. The van der Waals surface area contributed by atoms with Gasteiger partial charge in [-0.2, -0.15) is 15.0 Å². The van der Waals surface area contributed by atoms with E-state index in [9.17, 15) is 4.79 Å². The van der Waals surface area contributed by atoms with E-state index in [0.29, 0.717) is 12.2 Å². The standard InChI is InChI=1S/C18H13BrN4O2/c19-15-3-1-2-4-16(15)25-11-12-5-7-13(8-6-12)18(24)23-17(21)14(9-20)10-22-23/h1-8,10H,11,21H2. The molecule has 0 fully saturated rings. The van der Waals surface area contributed by atoms with Crippen LogP contribution in [0.3, 0.4) is 0 Å². The predicted molar refractivity (Wildman–Crippen MR) is 96.0 cm³/mol. The summed E-state index contributed by atoms with van der Waals surface area (Å²) in [7, 11) is 0. The Morgan fingerprint density at radius 3 is 2.60 bits per heavy atom. The number of benzene rings is 2. The van der Waals surface area contributed by atoms with Gasteiger partial charge >= 0.3 is 0 Å². The van der Waals surface area contributed by atoms with Crippen LogP contribution in [0.25, 0.3) is 0 Å². The molecule has 25 heavy (non-hydrogen) atoms. The number of nitrogen functional groups attached to an aromatic ring is 1. The largest absolute Gasteiger partial charge is 0.488 e. The number of hydrogen-bond donors (Lipinski definition) is 1. The number of nitriles is 1. The fraction of sp³-hybridized carbons (Fsp3) is 0.0556. The summed E-state index contributed by atoms with van der Waals surface area (Å²) >= 11 is 3.43. The van der Waals surface area contributed by atoms with Crippen LogP contribution >= 0.6 is 15.9 Å². The molecule has 0 amide bonds. The fourth-order valence-electron chi connectivity index (χ4n) is 2.19. The molecular weight excluding hydrogens is 384 g/mol. The summed E-state index contributed by atoms with van der Waals surface area (Å²) in [6.45, 7) is 0.375. The van der Waals surface area contributed by atoms with Crippen molar-refractivity contribution in [3.05, 3.63) is 75.9 Å². The Morgan fingerprint density at radius 2 is 1.96 bits per heavy atom. The van der Waals surface area contributed by atoms with Crippen molar-refractivity contribution in [3.63, 3.8) is 0 Å². The zero-order valence-corrected chi connectivity index (χ0v) is 14.6. The zero-order chi connectivity index (χ0) is 17.8. The molecule has 1 aromatic heterocycles.